The Morgan fingerprint density at radius 3 is 2.80 bits per heavy atom. The topological polar surface area (TPSA) is 88.5 Å². The fourth-order valence-corrected chi connectivity index (χ4v) is 2.63. The van der Waals surface area contributed by atoms with Gasteiger partial charge in [-0.15, -0.1) is 11.8 Å². The molecule has 132 valence electrons. The molecule has 0 bridgehead atoms. The van der Waals surface area contributed by atoms with E-state index in [0.29, 0.717) is 24.7 Å². The van der Waals surface area contributed by atoms with Crippen molar-refractivity contribution in [3.8, 4) is 5.75 Å². The average molecular weight is 360 g/mol. The van der Waals surface area contributed by atoms with Gasteiger partial charge in [-0.1, -0.05) is 18.2 Å². The number of carboxylic acid groups (broad SMARTS) is 1. The van der Waals surface area contributed by atoms with Crippen molar-refractivity contribution in [2.45, 2.75) is 13.0 Å². The first-order valence-corrected chi connectivity index (χ1v) is 8.96. The van der Waals surface area contributed by atoms with Gasteiger partial charge in [0.2, 0.25) is 5.91 Å². The summed E-state index contributed by atoms with van der Waals surface area (Å²) in [7, 11) is 0. The lowest BCUT2D eigenvalue weighted by Gasteiger charge is -2.08. The van der Waals surface area contributed by atoms with Crippen LogP contribution < -0.4 is 10.1 Å². The number of thioether (sulfide) groups is 1. The quantitative estimate of drug-likeness (QED) is 0.631. The fraction of sp³-hybridized carbons (Fsp3) is 0.278. The minimum Gasteiger partial charge on any atom is -0.489 e. The first-order valence-electron chi connectivity index (χ1n) is 7.80. The van der Waals surface area contributed by atoms with E-state index in [-0.39, 0.29) is 18.1 Å². The summed E-state index contributed by atoms with van der Waals surface area (Å²) in [6.45, 7) is 0.873. The van der Waals surface area contributed by atoms with Crippen LogP contribution in [0.4, 0.5) is 0 Å². The smallest absolute Gasteiger partial charge is 0.313 e. The molecule has 1 amide bonds. The van der Waals surface area contributed by atoms with E-state index in [0.717, 1.165) is 11.1 Å². The van der Waals surface area contributed by atoms with Gasteiger partial charge in [0, 0.05) is 30.3 Å². The van der Waals surface area contributed by atoms with Crippen molar-refractivity contribution < 1.29 is 19.4 Å². The minimum absolute atomic E-state index is 0.0478. The first-order chi connectivity index (χ1) is 12.1. The SMILES string of the molecule is O=C(O)CSCCNC(=O)Cc1cccc(OCc2cccnc2)c1. The van der Waals surface area contributed by atoms with Gasteiger partial charge in [0.25, 0.3) is 0 Å². The first kappa shape index (κ1) is 18.8. The minimum atomic E-state index is -0.848. The van der Waals surface area contributed by atoms with Crippen LogP contribution in [0.3, 0.4) is 0 Å². The summed E-state index contributed by atoms with van der Waals surface area (Å²) in [5.41, 5.74) is 1.84. The molecule has 2 aromatic rings. The summed E-state index contributed by atoms with van der Waals surface area (Å²) in [6, 6.07) is 11.2. The van der Waals surface area contributed by atoms with E-state index in [1.807, 2.05) is 36.4 Å². The fourth-order valence-electron chi connectivity index (χ4n) is 2.07. The Labute approximate surface area is 150 Å². The molecule has 0 spiro atoms. The summed E-state index contributed by atoms with van der Waals surface area (Å²) in [4.78, 5) is 26.3. The van der Waals surface area contributed by atoms with Gasteiger partial charge in [0.1, 0.15) is 12.4 Å². The van der Waals surface area contributed by atoms with Crippen molar-refractivity contribution in [2.75, 3.05) is 18.1 Å². The molecule has 6 nitrogen and oxygen atoms in total. The van der Waals surface area contributed by atoms with E-state index in [4.69, 9.17) is 9.84 Å². The lowest BCUT2D eigenvalue weighted by atomic mass is 10.1. The highest BCUT2D eigenvalue weighted by Crippen LogP contribution is 2.15. The van der Waals surface area contributed by atoms with Crippen molar-refractivity contribution in [1.82, 2.24) is 10.3 Å². The number of hydrogen-bond donors (Lipinski definition) is 2. The number of carbonyl (C=O) groups excluding carboxylic acids is 1. The third-order valence-corrected chi connectivity index (χ3v) is 4.13. The standard InChI is InChI=1S/C18H20N2O4S/c21-17(20-7-8-25-13-18(22)23)10-14-3-1-5-16(9-14)24-12-15-4-2-6-19-11-15/h1-6,9,11H,7-8,10,12-13H2,(H,20,21)(H,22,23). The lowest BCUT2D eigenvalue weighted by molar-refractivity contribution is -0.133. The second-order valence-corrected chi connectivity index (χ2v) is 6.38. The number of nitrogens with zero attached hydrogens (tertiary/aromatic N) is 1. The molecule has 0 unspecified atom stereocenters. The maximum atomic E-state index is 11.9. The predicted molar refractivity (Wildman–Crippen MR) is 96.7 cm³/mol. The van der Waals surface area contributed by atoms with Crippen LogP contribution in [-0.4, -0.2) is 40.0 Å². The van der Waals surface area contributed by atoms with E-state index in [2.05, 4.69) is 10.3 Å². The number of ether oxygens (including phenoxy) is 1. The van der Waals surface area contributed by atoms with Crippen LogP contribution in [0.2, 0.25) is 0 Å². The zero-order valence-electron chi connectivity index (χ0n) is 13.7. The molecule has 0 saturated heterocycles. The number of carboxylic acids is 1. The molecule has 1 aromatic carbocycles. The molecule has 1 aromatic heterocycles. The molecular weight excluding hydrogens is 340 g/mol. The van der Waals surface area contributed by atoms with E-state index >= 15 is 0 Å². The highest BCUT2D eigenvalue weighted by Gasteiger charge is 2.05. The van der Waals surface area contributed by atoms with Gasteiger partial charge in [-0.25, -0.2) is 0 Å². The molecule has 0 radical (unpaired) electrons. The largest absolute Gasteiger partial charge is 0.489 e. The Kier molecular flexibility index (Phi) is 7.78. The number of hydrogen-bond acceptors (Lipinski definition) is 5. The Balaban J connectivity index is 1.74. The van der Waals surface area contributed by atoms with Crippen LogP contribution >= 0.6 is 11.8 Å². The Bertz CT molecular complexity index is 694. The van der Waals surface area contributed by atoms with Crippen LogP contribution in [0.15, 0.2) is 48.8 Å². The van der Waals surface area contributed by atoms with E-state index in [1.165, 1.54) is 11.8 Å². The summed E-state index contributed by atoms with van der Waals surface area (Å²) in [6.07, 6.45) is 3.72. The van der Waals surface area contributed by atoms with Crippen LogP contribution in [-0.2, 0) is 22.6 Å². The zero-order valence-corrected chi connectivity index (χ0v) is 14.5. The monoisotopic (exact) mass is 360 g/mol. The highest BCUT2D eigenvalue weighted by atomic mass is 32.2. The number of amides is 1. The van der Waals surface area contributed by atoms with Gasteiger partial charge in [0.05, 0.1) is 12.2 Å². The number of rotatable bonds is 10. The summed E-state index contributed by atoms with van der Waals surface area (Å²) in [5.74, 6) is 0.379. The molecule has 25 heavy (non-hydrogen) atoms. The molecule has 2 N–H and O–H groups in total. The van der Waals surface area contributed by atoms with Gasteiger partial charge >= 0.3 is 5.97 Å². The third-order valence-electron chi connectivity index (χ3n) is 3.19. The Hall–Kier alpha value is -2.54. The van der Waals surface area contributed by atoms with Crippen LogP contribution in [0.1, 0.15) is 11.1 Å². The second-order valence-electron chi connectivity index (χ2n) is 5.27. The third kappa shape index (κ3) is 7.71. The molecule has 0 aliphatic heterocycles. The van der Waals surface area contributed by atoms with Gasteiger partial charge < -0.3 is 15.2 Å². The number of aromatic nitrogens is 1. The number of nitrogens with one attached hydrogen (secondary N) is 1. The van der Waals surface area contributed by atoms with Crippen molar-refractivity contribution >= 4 is 23.6 Å². The Morgan fingerprint density at radius 2 is 2.04 bits per heavy atom. The molecule has 2 rings (SSSR count). The number of pyridine rings is 1. The molecule has 0 saturated carbocycles. The average Bonchev–Trinajstić information content (AvgIpc) is 2.60. The highest BCUT2D eigenvalue weighted by molar-refractivity contribution is 7.99. The number of carbonyl (C=O) groups is 2. The predicted octanol–water partition coefficient (Wildman–Crippen LogP) is 2.14. The van der Waals surface area contributed by atoms with E-state index in [1.54, 1.807) is 12.4 Å². The molecular formula is C18H20N2O4S. The maximum Gasteiger partial charge on any atom is 0.313 e. The lowest BCUT2D eigenvalue weighted by Crippen LogP contribution is -2.27. The van der Waals surface area contributed by atoms with Crippen LogP contribution in [0.5, 0.6) is 5.75 Å². The van der Waals surface area contributed by atoms with E-state index in [9.17, 15) is 9.59 Å². The maximum absolute atomic E-state index is 11.9. The summed E-state index contributed by atoms with van der Waals surface area (Å²) in [5, 5.41) is 11.3. The molecule has 0 atom stereocenters. The molecule has 1 heterocycles. The normalized spacial score (nSPS) is 10.2. The van der Waals surface area contributed by atoms with E-state index < -0.39 is 5.97 Å². The van der Waals surface area contributed by atoms with Gasteiger partial charge in [-0.2, -0.15) is 0 Å². The summed E-state index contributed by atoms with van der Waals surface area (Å²) >= 11 is 1.28. The second kappa shape index (κ2) is 10.4. The molecule has 0 fully saturated rings. The van der Waals surface area contributed by atoms with Crippen molar-refractivity contribution in [1.29, 1.82) is 0 Å². The molecule has 0 aliphatic rings. The van der Waals surface area contributed by atoms with Gasteiger partial charge in [-0.3, -0.25) is 14.6 Å². The Morgan fingerprint density at radius 1 is 1.20 bits per heavy atom. The van der Waals surface area contributed by atoms with Gasteiger partial charge in [0.15, 0.2) is 0 Å². The van der Waals surface area contributed by atoms with Crippen molar-refractivity contribution in [3.63, 3.8) is 0 Å². The van der Waals surface area contributed by atoms with Crippen LogP contribution in [0.25, 0.3) is 0 Å². The molecule has 7 heteroatoms. The number of benzene rings is 1. The zero-order chi connectivity index (χ0) is 17.9. The number of aliphatic carboxylic acids is 1. The summed E-state index contributed by atoms with van der Waals surface area (Å²) < 4.78 is 5.72. The molecule has 0 aliphatic carbocycles. The van der Waals surface area contributed by atoms with Crippen molar-refractivity contribution in [2.24, 2.45) is 0 Å². The van der Waals surface area contributed by atoms with Crippen LogP contribution in [0, 0.1) is 0 Å². The van der Waals surface area contributed by atoms with Crippen molar-refractivity contribution in [3.05, 3.63) is 59.9 Å². The van der Waals surface area contributed by atoms with Gasteiger partial charge in [-0.05, 0) is 23.8 Å².